The molecule has 0 radical (unpaired) electrons. The van der Waals surface area contributed by atoms with Crippen LogP contribution >= 0.6 is 0 Å². The highest BCUT2D eigenvalue weighted by Crippen LogP contribution is 2.02. The van der Waals surface area contributed by atoms with Crippen LogP contribution in [-0.2, 0) is 0 Å². The van der Waals surface area contributed by atoms with Gasteiger partial charge in [0.05, 0.1) is 11.9 Å². The van der Waals surface area contributed by atoms with Gasteiger partial charge >= 0.3 is 0 Å². The molecular formula is C10H13N5. The molecule has 5 nitrogen and oxygen atoms in total. The number of aromatic nitrogens is 1. The van der Waals surface area contributed by atoms with E-state index in [1.54, 1.807) is 12.4 Å². The van der Waals surface area contributed by atoms with Gasteiger partial charge in [0.15, 0.2) is 0 Å². The Morgan fingerprint density at radius 2 is 2.40 bits per heavy atom. The van der Waals surface area contributed by atoms with Crippen LogP contribution < -0.4 is 10.7 Å². The molecule has 5 heteroatoms. The summed E-state index contributed by atoms with van der Waals surface area (Å²) in [7, 11) is 0. The Kier molecular flexibility index (Phi) is 4.10. The molecule has 0 spiro atoms. The van der Waals surface area contributed by atoms with E-state index in [9.17, 15) is 0 Å². The first-order valence-electron chi connectivity index (χ1n) is 4.59. The number of hydrogen-bond acceptors (Lipinski definition) is 2. The Bertz CT molecular complexity index is 363. The minimum atomic E-state index is 0.124. The molecule has 0 amide bonds. The summed E-state index contributed by atoms with van der Waals surface area (Å²) in [6.45, 7) is 10.6. The van der Waals surface area contributed by atoms with Gasteiger partial charge in [-0.2, -0.15) is 11.5 Å². The van der Waals surface area contributed by atoms with Crippen molar-refractivity contribution in [2.45, 2.75) is 19.9 Å². The van der Waals surface area contributed by atoms with Crippen molar-refractivity contribution in [3.63, 3.8) is 0 Å². The molecule has 0 aliphatic carbocycles. The molecule has 0 saturated heterocycles. The van der Waals surface area contributed by atoms with E-state index in [4.69, 9.17) is 6.57 Å². The number of anilines is 1. The lowest BCUT2D eigenvalue weighted by atomic mass is 10.4. The topological polar surface area (TPSA) is 53.7 Å². The second-order valence-corrected chi connectivity index (χ2v) is 3.16. The summed E-state index contributed by atoms with van der Waals surface area (Å²) >= 11 is 0. The molecule has 1 rings (SSSR count). The predicted octanol–water partition coefficient (Wildman–Crippen LogP) is 1.68. The molecule has 0 aliphatic heterocycles. The van der Waals surface area contributed by atoms with Crippen LogP contribution in [0.2, 0.25) is 0 Å². The van der Waals surface area contributed by atoms with Crippen LogP contribution in [0, 0.1) is 6.57 Å². The highest BCUT2D eigenvalue weighted by Gasteiger charge is 2.02. The van der Waals surface area contributed by atoms with Gasteiger partial charge in [0, 0.05) is 12.2 Å². The Labute approximate surface area is 89.0 Å². The lowest BCUT2D eigenvalue weighted by Gasteiger charge is -2.05. The third kappa shape index (κ3) is 4.09. The molecule has 0 aliphatic rings. The molecule has 78 valence electrons. The number of pyridine rings is 1. The van der Waals surface area contributed by atoms with Gasteiger partial charge in [-0.25, -0.2) is 4.99 Å². The third-order valence-corrected chi connectivity index (χ3v) is 1.47. The van der Waals surface area contributed by atoms with Gasteiger partial charge in [-0.15, -0.1) is 0 Å². The van der Waals surface area contributed by atoms with E-state index in [-0.39, 0.29) is 6.04 Å². The van der Waals surface area contributed by atoms with Gasteiger partial charge < -0.3 is 5.32 Å². The lowest BCUT2D eigenvalue weighted by Crippen LogP contribution is -2.26. The fourth-order valence-electron chi connectivity index (χ4n) is 0.974. The van der Waals surface area contributed by atoms with Crippen LogP contribution in [0.3, 0.4) is 0 Å². The zero-order valence-corrected chi connectivity index (χ0v) is 8.73. The maximum absolute atomic E-state index is 6.72. The summed E-state index contributed by atoms with van der Waals surface area (Å²) in [4.78, 5) is 11.2. The molecule has 1 aromatic heterocycles. The average Bonchev–Trinajstić information content (AvgIpc) is 2.18. The smallest absolute Gasteiger partial charge is 0.267 e. The van der Waals surface area contributed by atoms with Crippen molar-refractivity contribution < 1.29 is 0 Å². The van der Waals surface area contributed by atoms with E-state index in [2.05, 4.69) is 25.7 Å². The summed E-state index contributed by atoms with van der Waals surface area (Å²) in [6.07, 6.45) is 3.36. The van der Waals surface area contributed by atoms with Gasteiger partial charge in [-0.3, -0.25) is 4.98 Å². The SMILES string of the molecule is [C-]#[N+]NC(=NC(C)C)Nc1cccnc1. The third-order valence-electron chi connectivity index (χ3n) is 1.47. The first-order chi connectivity index (χ1) is 7.22. The maximum atomic E-state index is 6.72. The van der Waals surface area contributed by atoms with E-state index in [0.29, 0.717) is 5.96 Å². The van der Waals surface area contributed by atoms with Crippen molar-refractivity contribution in [2.75, 3.05) is 5.32 Å². The minimum Gasteiger partial charge on any atom is -0.320 e. The Morgan fingerprint density at radius 3 is 2.93 bits per heavy atom. The van der Waals surface area contributed by atoms with Crippen LogP contribution in [-0.4, -0.2) is 17.0 Å². The van der Waals surface area contributed by atoms with Gasteiger partial charge in [0.1, 0.15) is 0 Å². The molecule has 1 heterocycles. The zero-order chi connectivity index (χ0) is 11.1. The van der Waals surface area contributed by atoms with E-state index in [1.807, 2.05) is 26.0 Å². The molecule has 1 aromatic rings. The van der Waals surface area contributed by atoms with Crippen molar-refractivity contribution in [3.05, 3.63) is 36.1 Å². The summed E-state index contributed by atoms with van der Waals surface area (Å²) in [5, 5.41) is 2.97. The fraction of sp³-hybridized carbons (Fsp3) is 0.300. The summed E-state index contributed by atoms with van der Waals surface area (Å²) in [6, 6.07) is 3.79. The normalized spacial score (nSPS) is 10.9. The molecular weight excluding hydrogens is 190 g/mol. The highest BCUT2D eigenvalue weighted by atomic mass is 15.4. The molecule has 0 aromatic carbocycles. The van der Waals surface area contributed by atoms with Crippen molar-refractivity contribution in [3.8, 4) is 0 Å². The van der Waals surface area contributed by atoms with Crippen LogP contribution in [0.1, 0.15) is 13.8 Å². The van der Waals surface area contributed by atoms with E-state index in [1.165, 1.54) is 0 Å². The molecule has 0 atom stereocenters. The summed E-state index contributed by atoms with van der Waals surface area (Å²) in [5.41, 5.74) is 3.26. The molecule has 0 unspecified atom stereocenters. The molecule has 15 heavy (non-hydrogen) atoms. The fourth-order valence-corrected chi connectivity index (χ4v) is 0.974. The van der Waals surface area contributed by atoms with Gasteiger partial charge in [-0.1, -0.05) is 5.43 Å². The average molecular weight is 203 g/mol. The van der Waals surface area contributed by atoms with Crippen molar-refractivity contribution in [2.24, 2.45) is 4.99 Å². The molecule has 0 fully saturated rings. The minimum absolute atomic E-state index is 0.124. The number of guanidine groups is 1. The number of rotatable bonds is 2. The van der Waals surface area contributed by atoms with Crippen LogP contribution in [0.15, 0.2) is 29.5 Å². The van der Waals surface area contributed by atoms with E-state index >= 15 is 0 Å². The van der Waals surface area contributed by atoms with E-state index < -0.39 is 0 Å². The molecule has 0 bridgehead atoms. The summed E-state index contributed by atoms with van der Waals surface area (Å²) < 4.78 is 0. The maximum Gasteiger partial charge on any atom is 0.267 e. The van der Waals surface area contributed by atoms with E-state index in [0.717, 1.165) is 5.69 Å². The first-order valence-corrected chi connectivity index (χ1v) is 4.59. The first kappa shape index (κ1) is 11.0. The summed E-state index contributed by atoms with van der Waals surface area (Å²) in [5.74, 6) is 0.438. The van der Waals surface area contributed by atoms with Crippen LogP contribution in [0.5, 0.6) is 0 Å². The number of nitrogens with zero attached hydrogens (tertiary/aromatic N) is 3. The Balaban J connectivity index is 2.72. The van der Waals surface area contributed by atoms with Crippen LogP contribution in [0.4, 0.5) is 5.69 Å². The van der Waals surface area contributed by atoms with Gasteiger partial charge in [-0.05, 0) is 26.0 Å². The second kappa shape index (κ2) is 5.60. The van der Waals surface area contributed by atoms with Crippen molar-refractivity contribution >= 4 is 11.6 Å². The van der Waals surface area contributed by atoms with Gasteiger partial charge in [0.2, 0.25) is 0 Å². The monoisotopic (exact) mass is 203 g/mol. The number of hydrogen-bond donors (Lipinski definition) is 2. The Morgan fingerprint density at radius 1 is 1.60 bits per heavy atom. The van der Waals surface area contributed by atoms with Crippen molar-refractivity contribution in [1.82, 2.24) is 10.4 Å². The van der Waals surface area contributed by atoms with Crippen LogP contribution in [0.25, 0.3) is 4.95 Å². The molecule has 2 N–H and O–H groups in total. The lowest BCUT2D eigenvalue weighted by molar-refractivity contribution is 0.828. The zero-order valence-electron chi connectivity index (χ0n) is 8.73. The largest absolute Gasteiger partial charge is 0.320 e. The number of aliphatic imine (C=N–C) groups is 1. The highest BCUT2D eigenvalue weighted by molar-refractivity contribution is 5.93. The molecule has 0 saturated carbocycles. The van der Waals surface area contributed by atoms with Crippen molar-refractivity contribution in [1.29, 1.82) is 0 Å². The number of nitrogens with one attached hydrogen (secondary N) is 2. The van der Waals surface area contributed by atoms with Gasteiger partial charge in [0.25, 0.3) is 5.96 Å². The quantitative estimate of drug-likeness (QED) is 0.333. The Hall–Kier alpha value is -2.09. The standard InChI is InChI=1S/C10H13N5/c1-8(2)13-10(15-11-3)14-9-5-4-6-12-7-9/h4-8H,1-2H3,(H2,13,14,15). The predicted molar refractivity (Wildman–Crippen MR) is 60.2 cm³/mol. The second-order valence-electron chi connectivity index (χ2n) is 3.16.